The summed E-state index contributed by atoms with van der Waals surface area (Å²) in [6.45, 7) is 1.40. The number of H-pyrrole nitrogens is 1. The number of aromatic nitrogens is 3. The number of aromatic amines is 1. The van der Waals surface area contributed by atoms with Crippen molar-refractivity contribution in [1.82, 2.24) is 14.5 Å². The lowest BCUT2D eigenvalue weighted by Crippen LogP contribution is -2.37. The van der Waals surface area contributed by atoms with Gasteiger partial charge in [0.25, 0.3) is 0 Å². The second-order valence-corrected chi connectivity index (χ2v) is 8.12. The highest BCUT2D eigenvalue weighted by atomic mass is 32.1. The summed E-state index contributed by atoms with van der Waals surface area (Å²) < 4.78 is 0.956. The van der Waals surface area contributed by atoms with Crippen LogP contribution in [0.1, 0.15) is 39.9 Å². The fourth-order valence-electron chi connectivity index (χ4n) is 3.66. The van der Waals surface area contributed by atoms with Crippen molar-refractivity contribution in [3.05, 3.63) is 92.8 Å². The normalized spacial score (nSPS) is 12.9. The van der Waals surface area contributed by atoms with Gasteiger partial charge in [0.1, 0.15) is 22.4 Å². The number of carbonyl (C=O) groups excluding carboxylic acids is 2. The van der Waals surface area contributed by atoms with E-state index < -0.39 is 29.4 Å². The highest BCUT2D eigenvalue weighted by Crippen LogP contribution is 2.39. The monoisotopic (exact) mass is 448 g/mol. The molecule has 0 aliphatic rings. The number of nitrogens with zero attached hydrogens (tertiary/aromatic N) is 2. The van der Waals surface area contributed by atoms with Crippen molar-refractivity contribution >= 4 is 23.0 Å². The van der Waals surface area contributed by atoms with Crippen LogP contribution in [0.4, 0.5) is 0 Å². The third-order valence-electron chi connectivity index (χ3n) is 5.16. The number of nitrogens with one attached hydrogen (secondary N) is 1. The van der Waals surface area contributed by atoms with Crippen LogP contribution in [0.3, 0.4) is 0 Å². The number of nitrogens with two attached hydrogens (primary N) is 1. The Morgan fingerprint density at radius 1 is 1.09 bits per heavy atom. The molecule has 0 saturated heterocycles. The molecule has 4 aromatic rings. The number of hydrogen-bond donors (Lipinski definition) is 3. The topological polar surface area (TPSA) is 131 Å². The van der Waals surface area contributed by atoms with E-state index in [1.54, 1.807) is 53.9 Å². The molecule has 2 heterocycles. The quantitative estimate of drug-likeness (QED) is 0.374. The number of rotatable bonds is 7. The Morgan fingerprint density at radius 2 is 1.72 bits per heavy atom. The minimum absolute atomic E-state index is 0.178. The van der Waals surface area contributed by atoms with E-state index in [0.29, 0.717) is 16.1 Å². The minimum atomic E-state index is -1.29. The molecule has 1 amide bonds. The van der Waals surface area contributed by atoms with E-state index in [-0.39, 0.29) is 17.2 Å². The molecule has 4 N–H and O–H groups in total. The summed E-state index contributed by atoms with van der Waals surface area (Å²) >= 11 is 1.19. The fourth-order valence-corrected chi connectivity index (χ4v) is 4.67. The molecule has 0 spiro atoms. The molecule has 0 aliphatic heterocycles. The fraction of sp³-hybridized carbons (Fsp3) is 0.130. The van der Waals surface area contributed by atoms with E-state index in [0.717, 1.165) is 4.57 Å². The van der Waals surface area contributed by atoms with Crippen LogP contribution in [-0.4, -0.2) is 31.3 Å². The molecule has 2 atom stereocenters. The highest BCUT2D eigenvalue weighted by molar-refractivity contribution is 7.10. The molecular weight excluding hydrogens is 428 g/mol. The Hall–Kier alpha value is -3.98. The van der Waals surface area contributed by atoms with Gasteiger partial charge in [-0.25, -0.2) is 14.3 Å². The number of carbonyl (C=O) groups is 2. The maximum absolute atomic E-state index is 12.9. The van der Waals surface area contributed by atoms with Gasteiger partial charge in [-0.05, 0) is 5.56 Å². The van der Waals surface area contributed by atoms with E-state index in [1.807, 2.05) is 12.1 Å². The molecule has 8 nitrogen and oxygen atoms in total. The number of Topliss-reactive ketones (excluding diaryl/α,β-unsaturated/α-hetero) is 1. The summed E-state index contributed by atoms with van der Waals surface area (Å²) in [5, 5.41) is 13.0. The third kappa shape index (κ3) is 3.85. The first-order valence-corrected chi connectivity index (χ1v) is 10.7. The van der Waals surface area contributed by atoms with Crippen molar-refractivity contribution in [1.29, 1.82) is 0 Å². The van der Waals surface area contributed by atoms with E-state index in [1.165, 1.54) is 18.3 Å². The van der Waals surface area contributed by atoms with Crippen molar-refractivity contribution in [2.24, 2.45) is 5.73 Å². The zero-order valence-corrected chi connectivity index (χ0v) is 17.9. The van der Waals surface area contributed by atoms with Gasteiger partial charge >= 0.3 is 5.69 Å². The van der Waals surface area contributed by atoms with Crippen molar-refractivity contribution < 1.29 is 14.7 Å². The van der Waals surface area contributed by atoms with Gasteiger partial charge in [0.15, 0.2) is 5.78 Å². The van der Waals surface area contributed by atoms with Crippen LogP contribution >= 0.6 is 11.3 Å². The van der Waals surface area contributed by atoms with Gasteiger partial charge in [-0.1, -0.05) is 60.7 Å². The summed E-state index contributed by atoms with van der Waals surface area (Å²) in [6.07, 6.45) is 0. The van der Waals surface area contributed by atoms with Crippen LogP contribution in [0, 0.1) is 0 Å². The molecule has 32 heavy (non-hydrogen) atoms. The first kappa shape index (κ1) is 21.3. The van der Waals surface area contributed by atoms with Gasteiger partial charge < -0.3 is 15.8 Å². The number of ketones is 1. The number of thiazole rings is 1. The standard InChI is InChI=1S/C23H20N4O4S/c1-13(28)16-12-32-21(25-16)17(14-8-4-2-5-9-14)19(20(24)29)27-22(30)18(26-23(27)31)15-10-6-3-7-11-15/h2-12,17,19,30H,1H3,(H2,24,29)(H,26,31). The lowest BCUT2D eigenvalue weighted by molar-refractivity contribution is -0.121. The minimum Gasteiger partial charge on any atom is -0.493 e. The molecule has 2 aromatic carbocycles. The maximum Gasteiger partial charge on any atom is 0.329 e. The number of amides is 1. The zero-order chi connectivity index (χ0) is 22.8. The third-order valence-corrected chi connectivity index (χ3v) is 6.09. The Balaban J connectivity index is 1.92. The molecular formula is C23H20N4O4S. The van der Waals surface area contributed by atoms with Crippen molar-refractivity contribution in [3.8, 4) is 17.1 Å². The van der Waals surface area contributed by atoms with Gasteiger partial charge in [-0.3, -0.25) is 9.59 Å². The zero-order valence-electron chi connectivity index (χ0n) is 17.1. The van der Waals surface area contributed by atoms with Crippen LogP contribution in [0.2, 0.25) is 0 Å². The van der Waals surface area contributed by atoms with Crippen LogP contribution < -0.4 is 11.4 Å². The number of imidazole rings is 1. The summed E-state index contributed by atoms with van der Waals surface area (Å²) in [5.41, 5.74) is 6.77. The number of hydrogen-bond acceptors (Lipinski definition) is 6. The number of benzene rings is 2. The van der Waals surface area contributed by atoms with Gasteiger partial charge in [0, 0.05) is 17.9 Å². The Kier molecular flexibility index (Phi) is 5.74. The summed E-state index contributed by atoms with van der Waals surface area (Å²) in [4.78, 5) is 44.5. The SMILES string of the molecule is CC(=O)c1csc(C(c2ccccc2)C(C(N)=O)n2c(O)c(-c3ccccc3)[nH]c2=O)n1. The molecule has 0 saturated carbocycles. The Bertz CT molecular complexity index is 1330. The lowest BCUT2D eigenvalue weighted by Gasteiger charge is -2.24. The summed E-state index contributed by atoms with van der Waals surface area (Å²) in [5.74, 6) is -2.25. The van der Waals surface area contributed by atoms with Crippen LogP contribution in [0.15, 0.2) is 70.8 Å². The average molecular weight is 449 g/mol. The number of primary amides is 1. The van der Waals surface area contributed by atoms with Crippen molar-refractivity contribution in [2.45, 2.75) is 18.9 Å². The van der Waals surface area contributed by atoms with E-state index in [2.05, 4.69) is 9.97 Å². The molecule has 4 rings (SSSR count). The van der Waals surface area contributed by atoms with E-state index in [9.17, 15) is 19.5 Å². The molecule has 0 fully saturated rings. The molecule has 2 unspecified atom stereocenters. The van der Waals surface area contributed by atoms with E-state index in [4.69, 9.17) is 5.73 Å². The first-order valence-electron chi connectivity index (χ1n) is 9.78. The molecule has 9 heteroatoms. The second kappa shape index (κ2) is 8.64. The lowest BCUT2D eigenvalue weighted by atomic mass is 9.91. The molecule has 0 bridgehead atoms. The van der Waals surface area contributed by atoms with Gasteiger partial charge in [-0.15, -0.1) is 11.3 Å². The van der Waals surface area contributed by atoms with Crippen LogP contribution in [0.25, 0.3) is 11.3 Å². The number of aromatic hydroxyl groups is 1. The molecule has 0 aliphatic carbocycles. The summed E-state index contributed by atoms with van der Waals surface area (Å²) in [6, 6.07) is 16.5. The van der Waals surface area contributed by atoms with Gasteiger partial charge in [0.05, 0.1) is 5.92 Å². The smallest absolute Gasteiger partial charge is 0.329 e. The molecule has 162 valence electrons. The van der Waals surface area contributed by atoms with Crippen LogP contribution in [0.5, 0.6) is 5.88 Å². The van der Waals surface area contributed by atoms with Crippen molar-refractivity contribution in [2.75, 3.05) is 0 Å². The largest absolute Gasteiger partial charge is 0.493 e. The summed E-state index contributed by atoms with van der Waals surface area (Å²) in [7, 11) is 0. The first-order chi connectivity index (χ1) is 15.4. The maximum atomic E-state index is 12.9. The van der Waals surface area contributed by atoms with Crippen LogP contribution in [-0.2, 0) is 4.79 Å². The van der Waals surface area contributed by atoms with Gasteiger partial charge in [-0.2, -0.15) is 0 Å². The Labute approximate surface area is 187 Å². The van der Waals surface area contributed by atoms with Crippen molar-refractivity contribution in [3.63, 3.8) is 0 Å². The Morgan fingerprint density at radius 3 is 2.28 bits per heavy atom. The predicted octanol–water partition coefficient (Wildman–Crippen LogP) is 3.07. The highest BCUT2D eigenvalue weighted by Gasteiger charge is 2.37. The average Bonchev–Trinajstić information content (AvgIpc) is 3.38. The van der Waals surface area contributed by atoms with E-state index >= 15 is 0 Å². The predicted molar refractivity (Wildman–Crippen MR) is 121 cm³/mol. The van der Waals surface area contributed by atoms with Gasteiger partial charge in [0.2, 0.25) is 11.8 Å². The second-order valence-electron chi connectivity index (χ2n) is 7.23. The molecule has 2 aromatic heterocycles. The molecule has 0 radical (unpaired) electrons.